The number of nitrogens with two attached hydrogens (primary N) is 1. The van der Waals surface area contributed by atoms with Gasteiger partial charge in [-0.2, -0.15) is 0 Å². The van der Waals surface area contributed by atoms with Gasteiger partial charge in [-0.3, -0.25) is 0 Å². The van der Waals surface area contributed by atoms with Crippen molar-refractivity contribution in [2.24, 2.45) is 5.73 Å². The number of hydrogen-bond acceptors (Lipinski definition) is 3. The van der Waals surface area contributed by atoms with E-state index in [1.807, 2.05) is 24.3 Å². The van der Waals surface area contributed by atoms with Crippen LogP contribution in [-0.2, 0) is 4.74 Å². The molecule has 0 saturated heterocycles. The van der Waals surface area contributed by atoms with Gasteiger partial charge in [-0.25, -0.2) is 0 Å². The largest absolute Gasteiger partial charge is 0.496 e. The fraction of sp³-hybridized carbons (Fsp3) is 0.571. The first kappa shape index (κ1) is 14.0. The first-order chi connectivity index (χ1) is 8.29. The molecule has 1 aromatic rings. The molecule has 0 heterocycles. The molecule has 17 heavy (non-hydrogen) atoms. The van der Waals surface area contributed by atoms with E-state index in [0.717, 1.165) is 24.3 Å². The molecule has 0 aliphatic rings. The summed E-state index contributed by atoms with van der Waals surface area (Å²) in [5.41, 5.74) is 7.09. The summed E-state index contributed by atoms with van der Waals surface area (Å²) in [6.45, 7) is 3.52. The van der Waals surface area contributed by atoms with Gasteiger partial charge in [0.25, 0.3) is 0 Å². The Morgan fingerprint density at radius 2 is 2.00 bits per heavy atom. The number of benzene rings is 1. The normalized spacial score (nSPS) is 12.4. The van der Waals surface area contributed by atoms with Crippen molar-refractivity contribution in [2.75, 3.05) is 20.3 Å². The molecule has 1 rings (SSSR count). The molecule has 96 valence electrons. The minimum atomic E-state index is -0.118. The molecule has 0 aliphatic heterocycles. The molecule has 0 spiro atoms. The van der Waals surface area contributed by atoms with Gasteiger partial charge in [-0.05, 0) is 12.5 Å². The summed E-state index contributed by atoms with van der Waals surface area (Å²) in [4.78, 5) is 0. The zero-order valence-electron chi connectivity index (χ0n) is 10.8. The van der Waals surface area contributed by atoms with E-state index in [0.29, 0.717) is 6.61 Å². The van der Waals surface area contributed by atoms with Gasteiger partial charge in [0.15, 0.2) is 0 Å². The molecule has 0 aromatic heterocycles. The second kappa shape index (κ2) is 8.09. The summed E-state index contributed by atoms with van der Waals surface area (Å²) >= 11 is 0. The molecule has 0 amide bonds. The molecule has 3 heteroatoms. The third-order valence-corrected chi connectivity index (χ3v) is 2.73. The average Bonchev–Trinajstić information content (AvgIpc) is 2.38. The molecular weight excluding hydrogens is 214 g/mol. The van der Waals surface area contributed by atoms with Crippen molar-refractivity contribution in [3.8, 4) is 5.75 Å². The minimum Gasteiger partial charge on any atom is -0.496 e. The Hall–Kier alpha value is -1.06. The topological polar surface area (TPSA) is 44.5 Å². The van der Waals surface area contributed by atoms with Crippen LogP contribution in [0, 0.1) is 0 Å². The van der Waals surface area contributed by atoms with E-state index in [1.54, 1.807) is 7.11 Å². The van der Waals surface area contributed by atoms with Crippen LogP contribution in [0.2, 0.25) is 0 Å². The number of para-hydroxylation sites is 1. The number of rotatable bonds is 8. The van der Waals surface area contributed by atoms with E-state index in [1.165, 1.54) is 12.8 Å². The molecule has 0 aliphatic carbocycles. The zero-order chi connectivity index (χ0) is 12.5. The van der Waals surface area contributed by atoms with Gasteiger partial charge in [-0.1, -0.05) is 38.0 Å². The van der Waals surface area contributed by atoms with Crippen molar-refractivity contribution in [3.05, 3.63) is 29.8 Å². The SMILES string of the molecule is CCCCCOCC(N)c1ccccc1OC. The molecule has 1 aromatic carbocycles. The summed E-state index contributed by atoms with van der Waals surface area (Å²) < 4.78 is 10.8. The third kappa shape index (κ3) is 4.75. The van der Waals surface area contributed by atoms with E-state index in [9.17, 15) is 0 Å². The monoisotopic (exact) mass is 237 g/mol. The third-order valence-electron chi connectivity index (χ3n) is 2.73. The highest BCUT2D eigenvalue weighted by atomic mass is 16.5. The Bertz CT molecular complexity index is 315. The number of unbranched alkanes of at least 4 members (excludes halogenated alkanes) is 2. The quantitative estimate of drug-likeness (QED) is 0.707. The second-order valence-corrected chi connectivity index (χ2v) is 4.13. The maximum absolute atomic E-state index is 6.08. The lowest BCUT2D eigenvalue weighted by Gasteiger charge is -2.15. The molecule has 1 unspecified atom stereocenters. The highest BCUT2D eigenvalue weighted by Crippen LogP contribution is 2.23. The standard InChI is InChI=1S/C14H23NO2/c1-3-4-7-10-17-11-13(15)12-8-5-6-9-14(12)16-2/h5-6,8-9,13H,3-4,7,10-11,15H2,1-2H3. The molecule has 1 atom stereocenters. The van der Waals surface area contributed by atoms with Gasteiger partial charge >= 0.3 is 0 Å². The number of ether oxygens (including phenoxy) is 2. The van der Waals surface area contributed by atoms with Crippen molar-refractivity contribution in [2.45, 2.75) is 32.2 Å². The van der Waals surface area contributed by atoms with E-state index >= 15 is 0 Å². The van der Waals surface area contributed by atoms with Crippen molar-refractivity contribution < 1.29 is 9.47 Å². The van der Waals surface area contributed by atoms with E-state index in [4.69, 9.17) is 15.2 Å². The Balaban J connectivity index is 2.38. The Morgan fingerprint density at radius 1 is 1.24 bits per heavy atom. The Kier molecular flexibility index (Phi) is 6.67. The summed E-state index contributed by atoms with van der Waals surface area (Å²) in [6, 6.07) is 7.70. The molecular formula is C14H23NO2. The minimum absolute atomic E-state index is 0.118. The van der Waals surface area contributed by atoms with Crippen LogP contribution in [0.1, 0.15) is 37.8 Å². The van der Waals surface area contributed by atoms with Gasteiger partial charge in [0, 0.05) is 12.2 Å². The number of methoxy groups -OCH3 is 1. The maximum Gasteiger partial charge on any atom is 0.123 e. The lowest BCUT2D eigenvalue weighted by Crippen LogP contribution is -2.18. The number of hydrogen-bond donors (Lipinski definition) is 1. The van der Waals surface area contributed by atoms with Crippen LogP contribution in [0.4, 0.5) is 0 Å². The zero-order valence-corrected chi connectivity index (χ0v) is 10.8. The Labute approximate surface area is 104 Å². The predicted octanol–water partition coefficient (Wildman–Crippen LogP) is 2.90. The van der Waals surface area contributed by atoms with Gasteiger partial charge in [0.05, 0.1) is 19.8 Å². The summed E-state index contributed by atoms with van der Waals surface area (Å²) in [7, 11) is 1.66. The molecule has 0 radical (unpaired) electrons. The molecule has 2 N–H and O–H groups in total. The van der Waals surface area contributed by atoms with Crippen LogP contribution in [-0.4, -0.2) is 20.3 Å². The summed E-state index contributed by atoms with van der Waals surface area (Å²) in [5.74, 6) is 0.831. The van der Waals surface area contributed by atoms with E-state index < -0.39 is 0 Å². The van der Waals surface area contributed by atoms with Gasteiger partial charge in [0.1, 0.15) is 5.75 Å². The highest BCUT2D eigenvalue weighted by molar-refractivity contribution is 5.35. The van der Waals surface area contributed by atoms with Crippen molar-refractivity contribution in [1.29, 1.82) is 0 Å². The van der Waals surface area contributed by atoms with Crippen molar-refractivity contribution >= 4 is 0 Å². The van der Waals surface area contributed by atoms with Crippen LogP contribution in [0.25, 0.3) is 0 Å². The van der Waals surface area contributed by atoms with Crippen molar-refractivity contribution in [3.63, 3.8) is 0 Å². The molecule has 3 nitrogen and oxygen atoms in total. The summed E-state index contributed by atoms with van der Waals surface area (Å²) in [5, 5.41) is 0. The second-order valence-electron chi connectivity index (χ2n) is 4.13. The van der Waals surface area contributed by atoms with Gasteiger partial charge in [0.2, 0.25) is 0 Å². The van der Waals surface area contributed by atoms with Gasteiger partial charge < -0.3 is 15.2 Å². The first-order valence-corrected chi connectivity index (χ1v) is 6.25. The molecule has 0 fully saturated rings. The van der Waals surface area contributed by atoms with Crippen LogP contribution in [0.15, 0.2) is 24.3 Å². The van der Waals surface area contributed by atoms with Crippen LogP contribution in [0.3, 0.4) is 0 Å². The maximum atomic E-state index is 6.08. The van der Waals surface area contributed by atoms with E-state index in [2.05, 4.69) is 6.92 Å². The van der Waals surface area contributed by atoms with Crippen LogP contribution < -0.4 is 10.5 Å². The lowest BCUT2D eigenvalue weighted by molar-refractivity contribution is 0.117. The fourth-order valence-electron chi connectivity index (χ4n) is 1.73. The smallest absolute Gasteiger partial charge is 0.123 e. The highest BCUT2D eigenvalue weighted by Gasteiger charge is 2.10. The Morgan fingerprint density at radius 3 is 2.71 bits per heavy atom. The van der Waals surface area contributed by atoms with E-state index in [-0.39, 0.29) is 6.04 Å². The van der Waals surface area contributed by atoms with Crippen molar-refractivity contribution in [1.82, 2.24) is 0 Å². The predicted molar refractivity (Wildman–Crippen MR) is 70.3 cm³/mol. The average molecular weight is 237 g/mol. The first-order valence-electron chi connectivity index (χ1n) is 6.25. The molecule has 0 bridgehead atoms. The van der Waals surface area contributed by atoms with Crippen LogP contribution >= 0.6 is 0 Å². The lowest BCUT2D eigenvalue weighted by atomic mass is 10.1. The van der Waals surface area contributed by atoms with Gasteiger partial charge in [-0.15, -0.1) is 0 Å². The summed E-state index contributed by atoms with van der Waals surface area (Å²) in [6.07, 6.45) is 3.53. The molecule has 0 saturated carbocycles. The fourth-order valence-corrected chi connectivity index (χ4v) is 1.73. The van der Waals surface area contributed by atoms with Crippen LogP contribution in [0.5, 0.6) is 5.75 Å².